The molecule has 0 amide bonds. The molecule has 0 saturated carbocycles. The first-order valence-electron chi connectivity index (χ1n) is 6.96. The van der Waals surface area contributed by atoms with Crippen molar-refractivity contribution < 1.29 is 4.42 Å². The molecule has 0 aliphatic carbocycles. The monoisotopic (exact) mass is 333 g/mol. The van der Waals surface area contributed by atoms with Gasteiger partial charge in [0.2, 0.25) is 5.89 Å². The topological polar surface area (TPSA) is 71.8 Å². The van der Waals surface area contributed by atoms with E-state index in [2.05, 4.69) is 21.9 Å². The third kappa shape index (κ3) is 3.66. The Morgan fingerprint density at radius 1 is 1.36 bits per heavy atom. The van der Waals surface area contributed by atoms with Crippen molar-refractivity contribution in [3.05, 3.63) is 51.6 Å². The fraction of sp³-hybridized carbons (Fsp3) is 0.267. The van der Waals surface area contributed by atoms with Crippen molar-refractivity contribution in [1.82, 2.24) is 15.0 Å². The maximum Gasteiger partial charge on any atom is 0.251 e. The zero-order chi connectivity index (χ0) is 15.4. The summed E-state index contributed by atoms with van der Waals surface area (Å²) in [4.78, 5) is 24.3. The number of hydrogen-bond donors (Lipinski definition) is 1. The molecule has 3 aromatic heterocycles. The Hall–Kier alpha value is -1.86. The Morgan fingerprint density at radius 2 is 2.27 bits per heavy atom. The van der Waals surface area contributed by atoms with E-state index in [1.54, 1.807) is 23.7 Å². The summed E-state index contributed by atoms with van der Waals surface area (Å²) in [5.41, 5.74) is 1.55. The average molecular weight is 333 g/mol. The van der Waals surface area contributed by atoms with Crippen LogP contribution in [0.15, 0.2) is 44.2 Å². The number of hydrogen-bond acceptors (Lipinski definition) is 6. The van der Waals surface area contributed by atoms with Crippen molar-refractivity contribution in [2.75, 3.05) is 0 Å². The number of thioether (sulfide) groups is 1. The summed E-state index contributed by atoms with van der Waals surface area (Å²) in [6, 6.07) is 5.49. The van der Waals surface area contributed by atoms with Crippen molar-refractivity contribution in [3.63, 3.8) is 0 Å². The molecule has 0 radical (unpaired) electrons. The van der Waals surface area contributed by atoms with Gasteiger partial charge in [0.25, 0.3) is 5.56 Å². The van der Waals surface area contributed by atoms with Crippen molar-refractivity contribution in [2.45, 2.75) is 30.7 Å². The van der Waals surface area contributed by atoms with E-state index < -0.39 is 0 Å². The van der Waals surface area contributed by atoms with Gasteiger partial charge in [0.1, 0.15) is 6.26 Å². The van der Waals surface area contributed by atoms with Gasteiger partial charge < -0.3 is 9.40 Å². The van der Waals surface area contributed by atoms with Crippen molar-refractivity contribution >= 4 is 23.1 Å². The summed E-state index contributed by atoms with van der Waals surface area (Å²) in [5.74, 6) is 1.24. The van der Waals surface area contributed by atoms with Crippen LogP contribution in [-0.4, -0.2) is 15.0 Å². The molecule has 3 heterocycles. The van der Waals surface area contributed by atoms with Crippen LogP contribution in [0, 0.1) is 0 Å². The van der Waals surface area contributed by atoms with E-state index in [1.165, 1.54) is 11.8 Å². The third-order valence-electron chi connectivity index (χ3n) is 2.92. The summed E-state index contributed by atoms with van der Waals surface area (Å²) < 4.78 is 5.48. The largest absolute Gasteiger partial charge is 0.444 e. The molecule has 0 spiro atoms. The van der Waals surface area contributed by atoms with Crippen LogP contribution >= 0.6 is 23.1 Å². The molecule has 0 aliphatic rings. The molecule has 3 rings (SSSR count). The Bertz CT molecular complexity index is 793. The number of rotatable bonds is 6. The summed E-state index contributed by atoms with van der Waals surface area (Å²) in [6.07, 6.45) is 3.42. The van der Waals surface area contributed by atoms with Crippen LogP contribution in [0.4, 0.5) is 0 Å². The predicted octanol–water partition coefficient (Wildman–Crippen LogP) is 3.73. The SMILES string of the molecule is CCCc1cc(=O)[nH]c(SCc2coc(-c3cccs3)n2)n1. The predicted molar refractivity (Wildman–Crippen MR) is 88.2 cm³/mol. The van der Waals surface area contributed by atoms with Crippen LogP contribution in [0.3, 0.4) is 0 Å². The highest BCUT2D eigenvalue weighted by Gasteiger charge is 2.09. The van der Waals surface area contributed by atoms with E-state index in [1.807, 2.05) is 17.5 Å². The molecule has 1 N–H and O–H groups in total. The molecule has 0 aromatic carbocycles. The normalized spacial score (nSPS) is 11.0. The summed E-state index contributed by atoms with van der Waals surface area (Å²) in [7, 11) is 0. The maximum atomic E-state index is 11.6. The minimum atomic E-state index is -0.111. The van der Waals surface area contributed by atoms with E-state index in [9.17, 15) is 4.79 Å². The quantitative estimate of drug-likeness (QED) is 0.550. The second-order valence-corrected chi connectivity index (χ2v) is 6.61. The number of nitrogens with zero attached hydrogens (tertiary/aromatic N) is 2. The van der Waals surface area contributed by atoms with Crippen LogP contribution in [0.5, 0.6) is 0 Å². The minimum absolute atomic E-state index is 0.111. The van der Waals surface area contributed by atoms with Gasteiger partial charge in [-0.1, -0.05) is 31.2 Å². The van der Waals surface area contributed by atoms with Crippen LogP contribution in [0.1, 0.15) is 24.7 Å². The average Bonchev–Trinajstić information content (AvgIpc) is 3.16. The summed E-state index contributed by atoms with van der Waals surface area (Å²) in [5, 5.41) is 2.61. The highest BCUT2D eigenvalue weighted by molar-refractivity contribution is 7.98. The van der Waals surface area contributed by atoms with Crippen molar-refractivity contribution in [3.8, 4) is 10.8 Å². The molecule has 5 nitrogen and oxygen atoms in total. The molecule has 7 heteroatoms. The maximum absolute atomic E-state index is 11.6. The molecule has 22 heavy (non-hydrogen) atoms. The highest BCUT2D eigenvalue weighted by atomic mass is 32.2. The molecule has 0 aliphatic heterocycles. The lowest BCUT2D eigenvalue weighted by molar-refractivity contribution is 0.575. The van der Waals surface area contributed by atoms with Gasteiger partial charge in [0, 0.05) is 17.5 Å². The van der Waals surface area contributed by atoms with Gasteiger partial charge in [-0.3, -0.25) is 4.79 Å². The fourth-order valence-corrected chi connectivity index (χ4v) is 3.39. The van der Waals surface area contributed by atoms with Gasteiger partial charge in [0.15, 0.2) is 5.16 Å². The second kappa shape index (κ2) is 6.93. The van der Waals surface area contributed by atoms with Crippen molar-refractivity contribution in [2.24, 2.45) is 0 Å². The molecule has 3 aromatic rings. The Labute approximate surface area is 135 Å². The van der Waals surface area contributed by atoms with E-state index in [0.717, 1.165) is 29.1 Å². The van der Waals surface area contributed by atoms with Gasteiger partial charge >= 0.3 is 0 Å². The van der Waals surface area contributed by atoms with E-state index in [0.29, 0.717) is 16.8 Å². The van der Waals surface area contributed by atoms with Gasteiger partial charge in [0.05, 0.1) is 10.6 Å². The van der Waals surface area contributed by atoms with E-state index >= 15 is 0 Å². The molecule has 0 saturated heterocycles. The number of aryl methyl sites for hydroxylation is 1. The molecule has 0 bridgehead atoms. The number of thiophene rings is 1. The van der Waals surface area contributed by atoms with Crippen LogP contribution in [-0.2, 0) is 12.2 Å². The standard InChI is InChI=1S/C15H15N3O2S2/c1-2-4-10-7-13(19)18-15(17-10)22-9-11-8-20-14(16-11)12-5-3-6-21-12/h3,5-8H,2,4,9H2,1H3,(H,17,18,19). The van der Waals surface area contributed by atoms with E-state index in [-0.39, 0.29) is 5.56 Å². The first-order chi connectivity index (χ1) is 10.7. The zero-order valence-corrected chi connectivity index (χ0v) is 13.7. The van der Waals surface area contributed by atoms with E-state index in [4.69, 9.17) is 4.42 Å². The lowest BCUT2D eigenvalue weighted by Gasteiger charge is -2.01. The molecular formula is C15H15N3O2S2. The molecular weight excluding hydrogens is 318 g/mol. The molecule has 0 unspecified atom stereocenters. The first kappa shape index (κ1) is 15.1. The van der Waals surface area contributed by atoms with Gasteiger partial charge in [-0.25, -0.2) is 9.97 Å². The smallest absolute Gasteiger partial charge is 0.251 e. The number of aromatic nitrogens is 3. The zero-order valence-electron chi connectivity index (χ0n) is 12.0. The fourth-order valence-electron chi connectivity index (χ4n) is 1.97. The van der Waals surface area contributed by atoms with Gasteiger partial charge in [-0.2, -0.15) is 0 Å². The Kier molecular flexibility index (Phi) is 4.74. The molecule has 0 fully saturated rings. The lowest BCUT2D eigenvalue weighted by Crippen LogP contribution is -2.09. The Morgan fingerprint density at radius 3 is 3.05 bits per heavy atom. The van der Waals surface area contributed by atoms with Crippen LogP contribution < -0.4 is 5.56 Å². The number of aromatic amines is 1. The van der Waals surface area contributed by atoms with Crippen molar-refractivity contribution in [1.29, 1.82) is 0 Å². The second-order valence-electron chi connectivity index (χ2n) is 4.70. The Balaban J connectivity index is 1.69. The van der Waals surface area contributed by atoms with Gasteiger partial charge in [-0.15, -0.1) is 11.3 Å². The lowest BCUT2D eigenvalue weighted by atomic mass is 10.2. The van der Waals surface area contributed by atoms with Crippen LogP contribution in [0.2, 0.25) is 0 Å². The minimum Gasteiger partial charge on any atom is -0.444 e. The first-order valence-corrected chi connectivity index (χ1v) is 8.82. The molecule has 114 valence electrons. The highest BCUT2D eigenvalue weighted by Crippen LogP contribution is 2.25. The summed E-state index contributed by atoms with van der Waals surface area (Å²) >= 11 is 3.04. The van der Waals surface area contributed by atoms with Gasteiger partial charge in [-0.05, 0) is 17.9 Å². The number of nitrogens with one attached hydrogen (secondary N) is 1. The number of oxazole rings is 1. The molecule has 0 atom stereocenters. The third-order valence-corrected chi connectivity index (χ3v) is 4.68. The van der Waals surface area contributed by atoms with Crippen LogP contribution in [0.25, 0.3) is 10.8 Å². The number of H-pyrrole nitrogens is 1. The summed E-state index contributed by atoms with van der Waals surface area (Å²) in [6.45, 7) is 2.07.